The van der Waals surface area contributed by atoms with Crippen LogP contribution in [0.3, 0.4) is 0 Å². The Morgan fingerprint density at radius 2 is 2.14 bits per heavy atom. The van der Waals surface area contributed by atoms with Gasteiger partial charge in [-0.25, -0.2) is 0 Å². The summed E-state index contributed by atoms with van der Waals surface area (Å²) >= 11 is 1.77. The van der Waals surface area contributed by atoms with Crippen LogP contribution in [0.1, 0.15) is 11.5 Å². The summed E-state index contributed by atoms with van der Waals surface area (Å²) in [6, 6.07) is 8.17. The normalized spacial score (nSPS) is 19.1. The number of hydrogen-bond donors (Lipinski definition) is 0. The molecule has 0 bridgehead atoms. The molecule has 0 N–H and O–H groups in total. The lowest BCUT2D eigenvalue weighted by atomic mass is 10.0. The average Bonchev–Trinajstić information content (AvgIpc) is 2.60. The van der Waals surface area contributed by atoms with Gasteiger partial charge in [0.1, 0.15) is 0 Å². The van der Waals surface area contributed by atoms with Gasteiger partial charge in [-0.15, -0.1) is 11.8 Å². The smallest absolute Gasteiger partial charge is 0.230 e. The van der Waals surface area contributed by atoms with Crippen molar-refractivity contribution in [3.05, 3.63) is 29.8 Å². The number of thioether (sulfide) groups is 1. The molecule has 0 spiro atoms. The van der Waals surface area contributed by atoms with E-state index in [4.69, 9.17) is 0 Å². The van der Waals surface area contributed by atoms with E-state index in [1.807, 2.05) is 26.2 Å². The standard InChI is InChI=1S/C11H13NOS/c1-12(2)11(13)9-7-14-10-6-4-3-5-8(9)10/h3-6,9H,7H2,1-2H3. The van der Waals surface area contributed by atoms with Gasteiger partial charge in [-0.1, -0.05) is 18.2 Å². The molecule has 14 heavy (non-hydrogen) atoms. The first kappa shape index (κ1) is 9.59. The van der Waals surface area contributed by atoms with Gasteiger partial charge in [0.15, 0.2) is 0 Å². The molecule has 2 rings (SSSR count). The minimum Gasteiger partial charge on any atom is -0.348 e. The third kappa shape index (κ3) is 1.52. The van der Waals surface area contributed by atoms with Gasteiger partial charge < -0.3 is 4.90 Å². The first-order chi connectivity index (χ1) is 6.70. The average molecular weight is 207 g/mol. The van der Waals surface area contributed by atoms with E-state index < -0.39 is 0 Å². The maximum Gasteiger partial charge on any atom is 0.230 e. The molecule has 1 aromatic carbocycles. The minimum absolute atomic E-state index is 0.0613. The Labute approximate surface area is 88.3 Å². The Bertz CT molecular complexity index is 362. The second-order valence-electron chi connectivity index (χ2n) is 3.63. The summed E-state index contributed by atoms with van der Waals surface area (Å²) in [4.78, 5) is 14.8. The number of carbonyl (C=O) groups is 1. The summed E-state index contributed by atoms with van der Waals surface area (Å²) in [5.74, 6) is 1.16. The van der Waals surface area contributed by atoms with Crippen molar-refractivity contribution < 1.29 is 4.79 Å². The monoisotopic (exact) mass is 207 g/mol. The molecule has 0 fully saturated rings. The van der Waals surface area contributed by atoms with Gasteiger partial charge >= 0.3 is 0 Å². The number of carbonyl (C=O) groups excluding carboxylic acids is 1. The summed E-state index contributed by atoms with van der Waals surface area (Å²) in [7, 11) is 3.63. The van der Waals surface area contributed by atoms with Crippen molar-refractivity contribution in [2.45, 2.75) is 10.8 Å². The van der Waals surface area contributed by atoms with E-state index in [2.05, 4.69) is 12.1 Å². The van der Waals surface area contributed by atoms with E-state index in [0.29, 0.717) is 0 Å². The van der Waals surface area contributed by atoms with Crippen LogP contribution in [-0.4, -0.2) is 30.7 Å². The van der Waals surface area contributed by atoms with E-state index in [1.165, 1.54) is 10.5 Å². The highest BCUT2D eigenvalue weighted by Gasteiger charge is 2.29. The number of fused-ring (bicyclic) bond motifs is 1. The molecular formula is C11H13NOS. The topological polar surface area (TPSA) is 20.3 Å². The number of hydrogen-bond acceptors (Lipinski definition) is 2. The van der Waals surface area contributed by atoms with Crippen LogP contribution in [0.4, 0.5) is 0 Å². The molecule has 1 amide bonds. The molecule has 0 radical (unpaired) electrons. The third-order valence-corrected chi connectivity index (χ3v) is 3.62. The van der Waals surface area contributed by atoms with Crippen molar-refractivity contribution in [2.24, 2.45) is 0 Å². The second kappa shape index (κ2) is 3.65. The highest BCUT2D eigenvalue weighted by Crippen LogP contribution is 2.39. The number of benzene rings is 1. The molecule has 3 heteroatoms. The Hall–Kier alpha value is -0.960. The van der Waals surface area contributed by atoms with Crippen LogP contribution < -0.4 is 0 Å². The molecular weight excluding hydrogens is 194 g/mol. The molecule has 0 saturated carbocycles. The zero-order valence-electron chi connectivity index (χ0n) is 8.36. The van der Waals surface area contributed by atoms with E-state index in [9.17, 15) is 4.79 Å². The number of rotatable bonds is 1. The van der Waals surface area contributed by atoms with E-state index in [1.54, 1.807) is 16.7 Å². The van der Waals surface area contributed by atoms with Gasteiger partial charge in [0.2, 0.25) is 5.91 Å². The van der Waals surface area contributed by atoms with Crippen LogP contribution >= 0.6 is 11.8 Å². The molecule has 1 aliphatic rings. The Morgan fingerprint density at radius 1 is 1.43 bits per heavy atom. The van der Waals surface area contributed by atoms with E-state index in [0.717, 1.165) is 5.75 Å². The van der Waals surface area contributed by atoms with E-state index >= 15 is 0 Å². The van der Waals surface area contributed by atoms with E-state index in [-0.39, 0.29) is 11.8 Å². The third-order valence-electron chi connectivity index (χ3n) is 2.44. The number of nitrogens with zero attached hydrogens (tertiary/aromatic N) is 1. The first-order valence-electron chi connectivity index (χ1n) is 4.63. The number of likely N-dealkylation sites (N-methyl/N-ethyl adjacent to an activating group) is 1. The van der Waals surface area contributed by atoms with Crippen molar-refractivity contribution in [3.63, 3.8) is 0 Å². The summed E-state index contributed by atoms with van der Waals surface area (Å²) in [5.41, 5.74) is 1.19. The fourth-order valence-corrected chi connectivity index (χ4v) is 2.90. The number of amides is 1. The van der Waals surface area contributed by atoms with Gasteiger partial charge in [0.25, 0.3) is 0 Å². The lowest BCUT2D eigenvalue weighted by Crippen LogP contribution is -2.28. The molecule has 1 unspecified atom stereocenters. The lowest BCUT2D eigenvalue weighted by molar-refractivity contribution is -0.129. The van der Waals surface area contributed by atoms with Gasteiger partial charge in [-0.05, 0) is 11.6 Å². The molecule has 0 aliphatic carbocycles. The Balaban J connectivity index is 2.30. The molecule has 0 saturated heterocycles. The zero-order chi connectivity index (χ0) is 10.1. The fraction of sp³-hybridized carbons (Fsp3) is 0.364. The maximum absolute atomic E-state index is 11.8. The molecule has 1 aliphatic heterocycles. The summed E-state index contributed by atoms with van der Waals surface area (Å²) in [5, 5.41) is 0. The molecule has 74 valence electrons. The van der Waals surface area contributed by atoms with Gasteiger partial charge in [-0.3, -0.25) is 4.79 Å². The molecule has 1 atom stereocenters. The van der Waals surface area contributed by atoms with Gasteiger partial charge in [0, 0.05) is 24.7 Å². The van der Waals surface area contributed by atoms with Crippen LogP contribution in [0.15, 0.2) is 29.2 Å². The van der Waals surface area contributed by atoms with Crippen molar-refractivity contribution in [3.8, 4) is 0 Å². The maximum atomic E-state index is 11.8. The molecule has 1 heterocycles. The van der Waals surface area contributed by atoms with Crippen LogP contribution in [0.5, 0.6) is 0 Å². The van der Waals surface area contributed by atoms with Crippen molar-refractivity contribution >= 4 is 17.7 Å². The van der Waals surface area contributed by atoms with Crippen molar-refractivity contribution in [1.29, 1.82) is 0 Å². The molecule has 1 aromatic rings. The van der Waals surface area contributed by atoms with Gasteiger partial charge in [-0.2, -0.15) is 0 Å². The van der Waals surface area contributed by atoms with Crippen molar-refractivity contribution in [2.75, 3.05) is 19.8 Å². The van der Waals surface area contributed by atoms with Gasteiger partial charge in [0.05, 0.1) is 5.92 Å². The highest BCUT2D eigenvalue weighted by molar-refractivity contribution is 7.99. The Kier molecular flexibility index (Phi) is 2.50. The molecule has 2 nitrogen and oxygen atoms in total. The minimum atomic E-state index is 0.0613. The van der Waals surface area contributed by atoms with Crippen LogP contribution in [0.2, 0.25) is 0 Å². The van der Waals surface area contributed by atoms with Crippen molar-refractivity contribution in [1.82, 2.24) is 4.90 Å². The second-order valence-corrected chi connectivity index (χ2v) is 4.70. The summed E-state index contributed by atoms with van der Waals surface area (Å²) in [6.45, 7) is 0. The SMILES string of the molecule is CN(C)C(=O)C1CSc2ccccc21. The largest absolute Gasteiger partial charge is 0.348 e. The fourth-order valence-electron chi connectivity index (χ4n) is 1.68. The summed E-state index contributed by atoms with van der Waals surface area (Å²) < 4.78 is 0. The van der Waals surface area contributed by atoms with Crippen LogP contribution in [0, 0.1) is 0 Å². The highest BCUT2D eigenvalue weighted by atomic mass is 32.2. The Morgan fingerprint density at radius 3 is 2.86 bits per heavy atom. The van der Waals surface area contributed by atoms with Crippen LogP contribution in [-0.2, 0) is 4.79 Å². The predicted molar refractivity (Wildman–Crippen MR) is 58.6 cm³/mol. The quantitative estimate of drug-likeness (QED) is 0.701. The molecule has 0 aromatic heterocycles. The predicted octanol–water partition coefficient (Wildman–Crippen LogP) is 1.96. The zero-order valence-corrected chi connectivity index (χ0v) is 9.17. The first-order valence-corrected chi connectivity index (χ1v) is 5.61. The lowest BCUT2D eigenvalue weighted by Gasteiger charge is -2.16. The summed E-state index contributed by atoms with van der Waals surface area (Å²) in [6.07, 6.45) is 0. The van der Waals surface area contributed by atoms with Crippen LogP contribution in [0.25, 0.3) is 0 Å².